The number of ether oxygens (including phenoxy) is 2. The van der Waals surface area contributed by atoms with Crippen LogP contribution < -0.4 is 4.74 Å². The molecule has 0 unspecified atom stereocenters. The predicted molar refractivity (Wildman–Crippen MR) is 65.3 cm³/mol. The first kappa shape index (κ1) is 16.9. The maximum atomic E-state index is 14.1. The van der Waals surface area contributed by atoms with Crippen LogP contribution in [0.25, 0.3) is 10.8 Å². The van der Waals surface area contributed by atoms with Gasteiger partial charge in [0.05, 0.1) is 17.0 Å². The van der Waals surface area contributed by atoms with Gasteiger partial charge in [-0.25, -0.2) is 26.3 Å². The minimum absolute atomic E-state index is 0.239. The van der Waals surface area contributed by atoms with Crippen molar-refractivity contribution in [1.82, 2.24) is 0 Å². The number of fused-ring (bicyclic) bond motifs is 1. The maximum absolute atomic E-state index is 14.1. The molecule has 0 aliphatic carbocycles. The van der Waals surface area contributed by atoms with E-state index >= 15 is 0 Å². The Morgan fingerprint density at radius 1 is 0.652 bits per heavy atom. The van der Waals surface area contributed by atoms with E-state index in [1.54, 1.807) is 0 Å². The maximum Gasteiger partial charge on any atom is 0.204 e. The molecule has 0 aliphatic heterocycles. The van der Waals surface area contributed by atoms with Crippen LogP contribution in [-0.4, -0.2) is 13.2 Å². The Hall–Kier alpha value is -2.45. The molecule has 2 rings (SSSR count). The number of rotatable bonds is 5. The number of benzene rings is 2. The van der Waals surface area contributed by atoms with Crippen molar-refractivity contribution in [3.05, 3.63) is 53.6 Å². The zero-order valence-electron chi connectivity index (χ0n) is 11.2. The van der Waals surface area contributed by atoms with Gasteiger partial charge in [-0.1, -0.05) is 6.58 Å². The standard InChI is InChI=1S/C14H7F7O2/c1-2-22-3-4-23-14-10(18)6-5(9(17)13(14)21)7(15)11(19)12(20)8(6)16/h2H,1,3-4H2. The molecule has 0 atom stereocenters. The zero-order chi connectivity index (χ0) is 17.3. The quantitative estimate of drug-likeness (QED) is 0.265. The van der Waals surface area contributed by atoms with Crippen LogP contribution >= 0.6 is 0 Å². The topological polar surface area (TPSA) is 18.5 Å². The van der Waals surface area contributed by atoms with Gasteiger partial charge in [0, 0.05) is 0 Å². The minimum atomic E-state index is -2.39. The number of hydrogen-bond donors (Lipinski definition) is 0. The summed E-state index contributed by atoms with van der Waals surface area (Å²) in [6.45, 7) is 2.44. The second kappa shape index (κ2) is 6.35. The fraction of sp³-hybridized carbons (Fsp3) is 0.143. The zero-order valence-corrected chi connectivity index (χ0v) is 11.2. The van der Waals surface area contributed by atoms with Crippen molar-refractivity contribution in [2.75, 3.05) is 13.2 Å². The molecule has 0 amide bonds. The molecule has 9 heteroatoms. The van der Waals surface area contributed by atoms with E-state index in [4.69, 9.17) is 0 Å². The molecule has 0 radical (unpaired) electrons. The smallest absolute Gasteiger partial charge is 0.204 e. The van der Waals surface area contributed by atoms with E-state index in [-0.39, 0.29) is 6.61 Å². The lowest BCUT2D eigenvalue weighted by molar-refractivity contribution is 0.171. The predicted octanol–water partition coefficient (Wildman–Crippen LogP) is 4.35. The summed E-state index contributed by atoms with van der Waals surface area (Å²) >= 11 is 0. The van der Waals surface area contributed by atoms with Crippen LogP contribution in [0.1, 0.15) is 0 Å². The van der Waals surface area contributed by atoms with Gasteiger partial charge in [0.25, 0.3) is 0 Å². The Bertz CT molecular complexity index is 789. The van der Waals surface area contributed by atoms with Gasteiger partial charge in [-0.2, -0.15) is 4.39 Å². The third-order valence-electron chi connectivity index (χ3n) is 2.86. The first-order valence-electron chi connectivity index (χ1n) is 6.00. The van der Waals surface area contributed by atoms with Gasteiger partial charge in [-0.15, -0.1) is 0 Å². The molecule has 0 saturated heterocycles. The monoisotopic (exact) mass is 340 g/mol. The van der Waals surface area contributed by atoms with Gasteiger partial charge in [0.15, 0.2) is 40.7 Å². The summed E-state index contributed by atoms with van der Waals surface area (Å²) in [5.74, 6) is -16.7. The van der Waals surface area contributed by atoms with Crippen LogP contribution in [0, 0.1) is 40.7 Å². The highest BCUT2D eigenvalue weighted by molar-refractivity contribution is 5.87. The molecular weight excluding hydrogens is 333 g/mol. The van der Waals surface area contributed by atoms with Crippen LogP contribution in [-0.2, 0) is 4.74 Å². The van der Waals surface area contributed by atoms with Gasteiger partial charge in [0.2, 0.25) is 5.82 Å². The summed E-state index contributed by atoms with van der Waals surface area (Å²) in [6, 6.07) is 0. The molecule has 0 aliphatic rings. The van der Waals surface area contributed by atoms with Crippen molar-refractivity contribution in [2.24, 2.45) is 0 Å². The summed E-state index contributed by atoms with van der Waals surface area (Å²) < 4.78 is 104. The average Bonchev–Trinajstić information content (AvgIpc) is 2.53. The molecule has 2 nitrogen and oxygen atoms in total. The van der Waals surface area contributed by atoms with E-state index in [0.29, 0.717) is 0 Å². The Morgan fingerprint density at radius 3 is 1.65 bits per heavy atom. The average molecular weight is 340 g/mol. The molecule has 0 spiro atoms. The van der Waals surface area contributed by atoms with Crippen LogP contribution in [0.3, 0.4) is 0 Å². The highest BCUT2D eigenvalue weighted by atomic mass is 19.2. The van der Waals surface area contributed by atoms with E-state index < -0.39 is 63.8 Å². The molecule has 0 N–H and O–H groups in total. The Balaban J connectivity index is 2.71. The summed E-state index contributed by atoms with van der Waals surface area (Å²) in [6.07, 6.45) is 0.990. The molecule has 2 aromatic rings. The Labute approximate surface area is 124 Å². The highest BCUT2D eigenvalue weighted by Gasteiger charge is 2.31. The van der Waals surface area contributed by atoms with Gasteiger partial charge in [-0.05, 0) is 0 Å². The van der Waals surface area contributed by atoms with Gasteiger partial charge in [-0.3, -0.25) is 0 Å². The summed E-state index contributed by atoms with van der Waals surface area (Å²) in [5.41, 5.74) is 0. The van der Waals surface area contributed by atoms with Crippen molar-refractivity contribution in [1.29, 1.82) is 0 Å². The van der Waals surface area contributed by atoms with Crippen LogP contribution in [0.4, 0.5) is 30.7 Å². The Morgan fingerprint density at radius 2 is 1.13 bits per heavy atom. The normalized spacial score (nSPS) is 10.9. The second-order valence-corrected chi connectivity index (χ2v) is 4.16. The molecule has 0 fully saturated rings. The van der Waals surface area contributed by atoms with Crippen molar-refractivity contribution >= 4 is 10.8 Å². The van der Waals surface area contributed by atoms with Crippen LogP contribution in [0.2, 0.25) is 0 Å². The second-order valence-electron chi connectivity index (χ2n) is 4.16. The molecule has 0 saturated carbocycles. The minimum Gasteiger partial charge on any atom is -0.498 e. The lowest BCUT2D eigenvalue weighted by Crippen LogP contribution is -2.10. The van der Waals surface area contributed by atoms with Crippen molar-refractivity contribution in [3.63, 3.8) is 0 Å². The molecule has 0 bridgehead atoms. The molecule has 0 aromatic heterocycles. The largest absolute Gasteiger partial charge is 0.498 e. The van der Waals surface area contributed by atoms with E-state index in [2.05, 4.69) is 16.1 Å². The lowest BCUT2D eigenvalue weighted by Gasteiger charge is -2.13. The third-order valence-corrected chi connectivity index (χ3v) is 2.86. The first-order valence-corrected chi connectivity index (χ1v) is 6.00. The van der Waals surface area contributed by atoms with Crippen molar-refractivity contribution in [3.8, 4) is 5.75 Å². The van der Waals surface area contributed by atoms with Crippen LogP contribution in [0.5, 0.6) is 5.75 Å². The van der Waals surface area contributed by atoms with E-state index in [9.17, 15) is 30.7 Å². The molecular formula is C14H7F7O2. The molecule has 2 aromatic carbocycles. The summed E-state index contributed by atoms with van der Waals surface area (Å²) in [5, 5.41) is -3.29. The van der Waals surface area contributed by atoms with E-state index in [1.165, 1.54) is 0 Å². The van der Waals surface area contributed by atoms with Gasteiger partial charge < -0.3 is 9.47 Å². The number of hydrogen-bond acceptors (Lipinski definition) is 2. The van der Waals surface area contributed by atoms with Gasteiger partial charge in [0.1, 0.15) is 13.2 Å². The van der Waals surface area contributed by atoms with Crippen LogP contribution in [0.15, 0.2) is 12.8 Å². The summed E-state index contributed by atoms with van der Waals surface area (Å²) in [7, 11) is 0. The Kier molecular flexibility index (Phi) is 4.67. The highest BCUT2D eigenvalue weighted by Crippen LogP contribution is 2.37. The first-order chi connectivity index (χ1) is 10.8. The molecule has 0 heterocycles. The van der Waals surface area contributed by atoms with Crippen molar-refractivity contribution in [2.45, 2.75) is 0 Å². The fourth-order valence-corrected chi connectivity index (χ4v) is 1.87. The lowest BCUT2D eigenvalue weighted by atomic mass is 10.1. The fourth-order valence-electron chi connectivity index (χ4n) is 1.87. The van der Waals surface area contributed by atoms with Gasteiger partial charge >= 0.3 is 0 Å². The molecule has 124 valence electrons. The van der Waals surface area contributed by atoms with Crippen molar-refractivity contribution < 1.29 is 40.2 Å². The third kappa shape index (κ3) is 2.66. The molecule has 23 heavy (non-hydrogen) atoms. The van der Waals surface area contributed by atoms with E-state index in [0.717, 1.165) is 6.26 Å². The number of halogens is 7. The van der Waals surface area contributed by atoms with E-state index in [1.807, 2.05) is 0 Å². The summed E-state index contributed by atoms with van der Waals surface area (Å²) in [4.78, 5) is 0. The SMILES string of the molecule is C=COCCOc1c(F)c(F)c2c(F)c(F)c(F)c(F)c2c1F.